The third kappa shape index (κ3) is 4.30. The van der Waals surface area contributed by atoms with Gasteiger partial charge in [0.25, 0.3) is 0 Å². The third-order valence-electron chi connectivity index (χ3n) is 1.30. The van der Waals surface area contributed by atoms with Crippen LogP contribution >= 0.6 is 0 Å². The molecule has 0 heterocycles. The van der Waals surface area contributed by atoms with E-state index < -0.39 is 8.96 Å². The molecule has 0 saturated carbocycles. The predicted octanol–water partition coefficient (Wildman–Crippen LogP) is -0.214. The Hall–Kier alpha value is 0.134. The lowest BCUT2D eigenvalue weighted by Gasteiger charge is -2.03. The quantitative estimate of drug-likeness (QED) is 0.426. The molecule has 0 aromatic carbocycles. The van der Waals surface area contributed by atoms with Crippen molar-refractivity contribution in [2.75, 3.05) is 0 Å². The predicted molar refractivity (Wildman–Crippen MR) is 45.7 cm³/mol. The van der Waals surface area contributed by atoms with E-state index in [1.54, 1.807) is 0 Å². The Bertz CT molecular complexity index is 65.4. The van der Waals surface area contributed by atoms with Crippen LogP contribution in [-0.4, -0.2) is 19.4 Å². The highest BCUT2D eigenvalue weighted by Gasteiger charge is 1.94. The lowest BCUT2D eigenvalue weighted by atomic mass is 10.5. The van der Waals surface area contributed by atoms with Gasteiger partial charge in [0.1, 0.15) is 0 Å². The van der Waals surface area contributed by atoms with E-state index in [4.69, 9.17) is 0 Å². The molecule has 0 aromatic rings. The minimum atomic E-state index is -0.458. The molecule has 0 radical (unpaired) electrons. The van der Waals surface area contributed by atoms with Crippen LogP contribution in [-0.2, 0) is 0 Å². The molecule has 8 heavy (non-hydrogen) atoms. The molecule has 0 aliphatic carbocycles. The van der Waals surface area contributed by atoms with Gasteiger partial charge in [0.05, 0.1) is 19.4 Å². The molecule has 0 amide bonds. The first-order valence-electron chi connectivity index (χ1n) is 3.09. The first kappa shape index (κ1) is 8.13. The summed E-state index contributed by atoms with van der Waals surface area (Å²) in [5.41, 5.74) is 0. The second-order valence-electron chi connectivity index (χ2n) is 2.06. The molecule has 0 saturated heterocycles. The number of rotatable bonds is 4. The second-order valence-corrected chi connectivity index (χ2v) is 6.74. The van der Waals surface area contributed by atoms with Crippen molar-refractivity contribution in [2.24, 2.45) is 0 Å². The standard InChI is InChI=1S/C5H15NSi2/c1-3-4-5-8(2)6-7/h3,6,8H,1,4-5H2,2,7H3. The summed E-state index contributed by atoms with van der Waals surface area (Å²) in [7, 11) is 0.709. The van der Waals surface area contributed by atoms with Crippen LogP contribution in [0.2, 0.25) is 12.6 Å². The van der Waals surface area contributed by atoms with Crippen LogP contribution in [0.25, 0.3) is 0 Å². The number of nitrogens with one attached hydrogen (secondary N) is 1. The van der Waals surface area contributed by atoms with E-state index in [1.165, 1.54) is 22.9 Å². The summed E-state index contributed by atoms with van der Waals surface area (Å²) in [5.74, 6) is 0. The van der Waals surface area contributed by atoms with Gasteiger partial charge >= 0.3 is 0 Å². The highest BCUT2D eigenvalue weighted by atomic mass is 28.3. The van der Waals surface area contributed by atoms with E-state index in [1.807, 2.05) is 6.08 Å². The zero-order valence-corrected chi connectivity index (χ0v) is 8.93. The topological polar surface area (TPSA) is 12.0 Å². The average Bonchev–Trinajstić information content (AvgIpc) is 1.83. The van der Waals surface area contributed by atoms with Crippen molar-refractivity contribution in [3.8, 4) is 0 Å². The Morgan fingerprint density at radius 3 is 2.88 bits per heavy atom. The summed E-state index contributed by atoms with van der Waals surface area (Å²) in [4.78, 5) is 0. The molecule has 1 N–H and O–H groups in total. The van der Waals surface area contributed by atoms with Gasteiger partial charge < -0.3 is 4.65 Å². The molecule has 0 rings (SSSR count). The summed E-state index contributed by atoms with van der Waals surface area (Å²) in [5, 5.41) is 0. The first-order chi connectivity index (χ1) is 3.81. The van der Waals surface area contributed by atoms with Crippen LogP contribution in [0.5, 0.6) is 0 Å². The molecule has 3 heteroatoms. The molecule has 0 fully saturated rings. The van der Waals surface area contributed by atoms with E-state index in [0.29, 0.717) is 0 Å². The number of allylic oxidation sites excluding steroid dienone is 1. The van der Waals surface area contributed by atoms with Gasteiger partial charge in [-0.1, -0.05) is 12.6 Å². The fourth-order valence-electron chi connectivity index (χ4n) is 0.512. The molecule has 0 aromatic heterocycles. The molecule has 0 spiro atoms. The molecule has 0 aliphatic heterocycles. The molecular weight excluding hydrogens is 130 g/mol. The normalized spacial score (nSPS) is 13.6. The van der Waals surface area contributed by atoms with Gasteiger partial charge in [-0.25, -0.2) is 0 Å². The third-order valence-corrected chi connectivity index (χ3v) is 6.44. The fraction of sp³-hybridized carbons (Fsp3) is 0.600. The smallest absolute Gasteiger partial charge is 0.0984 e. The minimum Gasteiger partial charge on any atom is -0.369 e. The molecule has 48 valence electrons. The van der Waals surface area contributed by atoms with Crippen LogP contribution < -0.4 is 4.65 Å². The van der Waals surface area contributed by atoms with Crippen LogP contribution in [0.4, 0.5) is 0 Å². The summed E-state index contributed by atoms with van der Waals surface area (Å²) in [6, 6.07) is 1.37. The average molecular weight is 145 g/mol. The molecule has 0 aliphatic rings. The monoisotopic (exact) mass is 145 g/mol. The molecule has 1 atom stereocenters. The highest BCUT2D eigenvalue weighted by molar-refractivity contribution is 6.60. The second kappa shape index (κ2) is 5.27. The number of hydrogen-bond acceptors (Lipinski definition) is 1. The largest absolute Gasteiger partial charge is 0.369 e. The summed E-state index contributed by atoms with van der Waals surface area (Å²) < 4.78 is 3.43. The zero-order valence-electron chi connectivity index (χ0n) is 5.78. The summed E-state index contributed by atoms with van der Waals surface area (Å²) in [6.45, 7) is 6.02. The van der Waals surface area contributed by atoms with Crippen LogP contribution in [0.15, 0.2) is 12.7 Å². The minimum absolute atomic E-state index is 0.458. The van der Waals surface area contributed by atoms with Crippen molar-refractivity contribution in [1.82, 2.24) is 4.65 Å². The Labute approximate surface area is 56.4 Å². The summed E-state index contributed by atoms with van der Waals surface area (Å²) >= 11 is 0. The van der Waals surface area contributed by atoms with Gasteiger partial charge in [-0.2, -0.15) is 0 Å². The van der Waals surface area contributed by atoms with E-state index in [2.05, 4.69) is 17.8 Å². The van der Waals surface area contributed by atoms with Crippen LogP contribution in [0, 0.1) is 0 Å². The van der Waals surface area contributed by atoms with Crippen LogP contribution in [0.1, 0.15) is 6.42 Å². The zero-order chi connectivity index (χ0) is 6.41. The van der Waals surface area contributed by atoms with Crippen molar-refractivity contribution in [1.29, 1.82) is 0 Å². The highest BCUT2D eigenvalue weighted by Crippen LogP contribution is 1.92. The lowest BCUT2D eigenvalue weighted by molar-refractivity contribution is 1.17. The molecule has 1 nitrogen and oxygen atoms in total. The van der Waals surface area contributed by atoms with E-state index in [9.17, 15) is 0 Å². The Balaban J connectivity index is 2.97. The maximum atomic E-state index is 3.67. The van der Waals surface area contributed by atoms with E-state index in [0.717, 1.165) is 0 Å². The van der Waals surface area contributed by atoms with Gasteiger partial charge in [0.15, 0.2) is 0 Å². The maximum Gasteiger partial charge on any atom is 0.0984 e. The Morgan fingerprint density at radius 1 is 1.88 bits per heavy atom. The maximum absolute atomic E-state index is 3.67. The van der Waals surface area contributed by atoms with Crippen molar-refractivity contribution in [3.05, 3.63) is 12.7 Å². The van der Waals surface area contributed by atoms with Gasteiger partial charge in [-0.3, -0.25) is 0 Å². The Morgan fingerprint density at radius 2 is 2.50 bits per heavy atom. The number of hydrogen-bond donors (Lipinski definition) is 1. The van der Waals surface area contributed by atoms with E-state index >= 15 is 0 Å². The molecule has 1 unspecified atom stereocenters. The van der Waals surface area contributed by atoms with Gasteiger partial charge in [0.2, 0.25) is 0 Å². The van der Waals surface area contributed by atoms with Gasteiger partial charge in [0, 0.05) is 0 Å². The lowest BCUT2D eigenvalue weighted by Crippen LogP contribution is -2.27. The van der Waals surface area contributed by atoms with Crippen LogP contribution in [0.3, 0.4) is 0 Å². The first-order valence-corrected chi connectivity index (χ1v) is 6.64. The SMILES string of the molecule is C=CCC[SiH](C)N[SiH3]. The van der Waals surface area contributed by atoms with E-state index in [-0.39, 0.29) is 0 Å². The fourth-order valence-corrected chi connectivity index (χ4v) is 2.40. The molecule has 0 bridgehead atoms. The van der Waals surface area contributed by atoms with Crippen molar-refractivity contribution in [2.45, 2.75) is 19.0 Å². The Kier molecular flexibility index (Phi) is 5.36. The van der Waals surface area contributed by atoms with Crippen molar-refractivity contribution < 1.29 is 0 Å². The van der Waals surface area contributed by atoms with Crippen molar-refractivity contribution in [3.63, 3.8) is 0 Å². The molecular formula is C5H15NSi2. The summed E-state index contributed by atoms with van der Waals surface area (Å²) in [6.07, 6.45) is 3.20. The van der Waals surface area contributed by atoms with Crippen molar-refractivity contribution >= 4 is 19.4 Å². The van der Waals surface area contributed by atoms with Gasteiger partial charge in [-0.05, 0) is 12.5 Å². The van der Waals surface area contributed by atoms with Gasteiger partial charge in [-0.15, -0.1) is 6.58 Å².